The van der Waals surface area contributed by atoms with E-state index >= 15 is 0 Å². The highest BCUT2D eigenvalue weighted by Crippen LogP contribution is 2.26. The Balaban J connectivity index is 1.52. The Bertz CT molecular complexity index is 1020. The Morgan fingerprint density at radius 2 is 1.96 bits per heavy atom. The van der Waals surface area contributed by atoms with Gasteiger partial charge < -0.3 is 4.42 Å². The normalized spacial score (nSPS) is 11.8. The number of anilines is 1. The maximum atomic E-state index is 5.92. The minimum atomic E-state index is 0.711. The van der Waals surface area contributed by atoms with Crippen LogP contribution in [0.15, 0.2) is 69.5 Å². The minimum Gasteiger partial charge on any atom is -0.455 e. The van der Waals surface area contributed by atoms with Gasteiger partial charge in [0.2, 0.25) is 5.13 Å². The summed E-state index contributed by atoms with van der Waals surface area (Å²) in [5.41, 5.74) is 6.52. The van der Waals surface area contributed by atoms with Crippen molar-refractivity contribution in [1.29, 1.82) is 0 Å². The molecule has 6 heteroatoms. The summed E-state index contributed by atoms with van der Waals surface area (Å²) in [5, 5.41) is 8.86. The summed E-state index contributed by atoms with van der Waals surface area (Å²) in [4.78, 5) is 4.55. The fourth-order valence-electron chi connectivity index (χ4n) is 2.43. The van der Waals surface area contributed by atoms with Gasteiger partial charge in [0.25, 0.3) is 0 Å². The predicted molar refractivity (Wildman–Crippen MR) is 105 cm³/mol. The zero-order valence-corrected chi connectivity index (χ0v) is 14.9. The molecule has 0 aliphatic rings. The zero-order valence-electron chi connectivity index (χ0n) is 13.4. The molecule has 2 aromatic heterocycles. The highest BCUT2D eigenvalue weighted by atomic mass is 35.5. The Kier molecular flexibility index (Phi) is 4.26. The Labute approximate surface area is 153 Å². The van der Waals surface area contributed by atoms with Crippen molar-refractivity contribution in [3.63, 3.8) is 0 Å². The summed E-state index contributed by atoms with van der Waals surface area (Å²) in [6, 6.07) is 17.5. The molecular weight excluding hydrogens is 354 g/mol. The molecule has 124 valence electrons. The van der Waals surface area contributed by atoms with Crippen molar-refractivity contribution >= 4 is 44.8 Å². The average molecular weight is 368 g/mol. The van der Waals surface area contributed by atoms with Crippen LogP contribution in [0.4, 0.5) is 5.13 Å². The molecule has 4 rings (SSSR count). The number of furan rings is 1. The van der Waals surface area contributed by atoms with E-state index in [9.17, 15) is 0 Å². The standard InChI is InChI=1S/C19H14ClN3OS/c1-12(18-10-14-4-2-3-5-17(14)24-18)22-23-19-21-16(11-25-19)13-6-8-15(20)9-7-13/h2-11H,1H3,(H,21,23)/b22-12+. The van der Waals surface area contributed by atoms with Gasteiger partial charge in [-0.3, -0.25) is 5.43 Å². The lowest BCUT2D eigenvalue weighted by molar-refractivity contribution is 0.604. The molecule has 0 amide bonds. The van der Waals surface area contributed by atoms with Gasteiger partial charge in [0.1, 0.15) is 11.3 Å². The van der Waals surface area contributed by atoms with E-state index in [4.69, 9.17) is 16.0 Å². The van der Waals surface area contributed by atoms with E-state index in [1.54, 1.807) is 0 Å². The van der Waals surface area contributed by atoms with Crippen LogP contribution in [0.3, 0.4) is 0 Å². The van der Waals surface area contributed by atoms with Gasteiger partial charge in [0.15, 0.2) is 5.76 Å². The van der Waals surface area contributed by atoms with Gasteiger partial charge in [0, 0.05) is 21.4 Å². The zero-order chi connectivity index (χ0) is 17.2. The van der Waals surface area contributed by atoms with Crippen LogP contribution in [-0.2, 0) is 0 Å². The van der Waals surface area contributed by atoms with E-state index < -0.39 is 0 Å². The smallest absolute Gasteiger partial charge is 0.203 e. The van der Waals surface area contributed by atoms with Crippen LogP contribution in [0.25, 0.3) is 22.2 Å². The molecule has 4 nitrogen and oxygen atoms in total. The van der Waals surface area contributed by atoms with E-state index in [-0.39, 0.29) is 0 Å². The van der Waals surface area contributed by atoms with Crippen LogP contribution in [0.1, 0.15) is 12.7 Å². The van der Waals surface area contributed by atoms with Gasteiger partial charge in [-0.25, -0.2) is 4.98 Å². The average Bonchev–Trinajstić information content (AvgIpc) is 3.27. The molecular formula is C19H14ClN3OS. The van der Waals surface area contributed by atoms with Crippen molar-refractivity contribution < 1.29 is 4.42 Å². The van der Waals surface area contributed by atoms with Crippen molar-refractivity contribution in [2.24, 2.45) is 5.10 Å². The Hall–Kier alpha value is -2.63. The topological polar surface area (TPSA) is 50.4 Å². The first-order valence-electron chi connectivity index (χ1n) is 7.70. The van der Waals surface area contributed by atoms with Crippen LogP contribution in [0.2, 0.25) is 5.02 Å². The number of nitrogens with one attached hydrogen (secondary N) is 1. The van der Waals surface area contributed by atoms with Crippen LogP contribution in [-0.4, -0.2) is 10.7 Å². The van der Waals surface area contributed by atoms with Gasteiger partial charge in [-0.05, 0) is 31.2 Å². The maximum Gasteiger partial charge on any atom is 0.203 e. The van der Waals surface area contributed by atoms with Crippen LogP contribution in [0.5, 0.6) is 0 Å². The van der Waals surface area contributed by atoms with E-state index in [2.05, 4.69) is 15.5 Å². The molecule has 1 N–H and O–H groups in total. The fraction of sp³-hybridized carbons (Fsp3) is 0.0526. The number of para-hydroxylation sites is 1. The van der Waals surface area contributed by atoms with E-state index in [1.165, 1.54) is 11.3 Å². The quantitative estimate of drug-likeness (QED) is 0.353. The van der Waals surface area contributed by atoms with Gasteiger partial charge in [-0.15, -0.1) is 11.3 Å². The third-order valence-electron chi connectivity index (χ3n) is 3.75. The van der Waals surface area contributed by atoms with Crippen LogP contribution < -0.4 is 5.43 Å². The molecule has 0 spiro atoms. The molecule has 0 fully saturated rings. The van der Waals surface area contributed by atoms with Crippen molar-refractivity contribution in [2.45, 2.75) is 6.92 Å². The molecule has 2 aromatic carbocycles. The fourth-order valence-corrected chi connectivity index (χ4v) is 3.21. The van der Waals surface area contributed by atoms with Crippen molar-refractivity contribution in [3.8, 4) is 11.3 Å². The molecule has 0 aliphatic carbocycles. The molecule has 0 unspecified atom stereocenters. The molecule has 0 bridgehead atoms. The largest absolute Gasteiger partial charge is 0.455 e. The Morgan fingerprint density at radius 1 is 1.16 bits per heavy atom. The minimum absolute atomic E-state index is 0.711. The highest BCUT2D eigenvalue weighted by Gasteiger charge is 2.07. The number of rotatable bonds is 4. The number of nitrogens with zero attached hydrogens (tertiary/aromatic N) is 2. The molecule has 0 atom stereocenters. The monoisotopic (exact) mass is 367 g/mol. The summed E-state index contributed by atoms with van der Waals surface area (Å²) in [7, 11) is 0. The first-order chi connectivity index (χ1) is 12.2. The summed E-state index contributed by atoms with van der Waals surface area (Å²) in [6.45, 7) is 1.90. The number of fused-ring (bicyclic) bond motifs is 1. The molecule has 4 aromatic rings. The van der Waals surface area contributed by atoms with Gasteiger partial charge in [-0.2, -0.15) is 5.10 Å². The molecule has 25 heavy (non-hydrogen) atoms. The number of hydrogen-bond donors (Lipinski definition) is 1. The molecule has 2 heterocycles. The number of benzene rings is 2. The molecule has 0 radical (unpaired) electrons. The summed E-state index contributed by atoms with van der Waals surface area (Å²) >= 11 is 7.42. The third-order valence-corrected chi connectivity index (χ3v) is 4.74. The number of halogens is 1. The van der Waals surface area contributed by atoms with E-state index in [1.807, 2.05) is 66.9 Å². The second-order valence-electron chi connectivity index (χ2n) is 5.50. The first-order valence-corrected chi connectivity index (χ1v) is 8.95. The second-order valence-corrected chi connectivity index (χ2v) is 6.80. The number of thiazole rings is 1. The van der Waals surface area contributed by atoms with Crippen LogP contribution >= 0.6 is 22.9 Å². The summed E-state index contributed by atoms with van der Waals surface area (Å²) in [5.74, 6) is 0.739. The Morgan fingerprint density at radius 3 is 2.76 bits per heavy atom. The molecule has 0 aliphatic heterocycles. The third kappa shape index (κ3) is 3.43. The molecule has 0 saturated carbocycles. The molecule has 0 saturated heterocycles. The predicted octanol–water partition coefficient (Wildman–Crippen LogP) is 6.05. The summed E-state index contributed by atoms with van der Waals surface area (Å²) in [6.07, 6.45) is 0. The second kappa shape index (κ2) is 6.70. The first kappa shape index (κ1) is 15.9. The van der Waals surface area contributed by atoms with Crippen molar-refractivity contribution in [2.75, 3.05) is 5.43 Å². The lowest BCUT2D eigenvalue weighted by Gasteiger charge is -1.98. The van der Waals surface area contributed by atoms with Crippen molar-refractivity contribution in [1.82, 2.24) is 4.98 Å². The van der Waals surface area contributed by atoms with Crippen molar-refractivity contribution in [3.05, 3.63) is 70.8 Å². The lowest BCUT2D eigenvalue weighted by Crippen LogP contribution is -1.97. The number of hydrazone groups is 1. The van der Waals surface area contributed by atoms with E-state index in [0.717, 1.165) is 38.8 Å². The van der Waals surface area contributed by atoms with Gasteiger partial charge in [0.05, 0.1) is 5.69 Å². The number of aromatic nitrogens is 1. The SMILES string of the molecule is C/C(=N\Nc1nc(-c2ccc(Cl)cc2)cs1)c1cc2ccccc2o1. The van der Waals surface area contributed by atoms with E-state index in [0.29, 0.717) is 5.02 Å². The lowest BCUT2D eigenvalue weighted by atomic mass is 10.2. The van der Waals surface area contributed by atoms with Gasteiger partial charge in [-0.1, -0.05) is 41.9 Å². The number of hydrogen-bond acceptors (Lipinski definition) is 5. The van der Waals surface area contributed by atoms with Crippen LogP contribution in [0, 0.1) is 0 Å². The van der Waals surface area contributed by atoms with Gasteiger partial charge >= 0.3 is 0 Å². The maximum absolute atomic E-state index is 5.92. The summed E-state index contributed by atoms with van der Waals surface area (Å²) < 4.78 is 5.80. The highest BCUT2D eigenvalue weighted by molar-refractivity contribution is 7.14.